The molecular weight excluding hydrogens is 329 g/mol. The van der Waals surface area contributed by atoms with E-state index < -0.39 is 17.7 Å². The normalized spacial score (nSPS) is 12.3. The summed E-state index contributed by atoms with van der Waals surface area (Å²) in [5.41, 5.74) is 0.299. The quantitative estimate of drug-likeness (QED) is 0.780. The Morgan fingerprint density at radius 3 is 2.85 bits per heavy atom. The van der Waals surface area contributed by atoms with Crippen LogP contribution in [0.1, 0.15) is 18.9 Å². The predicted octanol–water partition coefficient (Wildman–Crippen LogP) is 2.83. The summed E-state index contributed by atoms with van der Waals surface area (Å²) < 4.78 is 14.1. The third kappa shape index (κ3) is 5.52. The molecule has 0 spiro atoms. The lowest BCUT2D eigenvalue weighted by molar-refractivity contribution is -0.141. The molecule has 1 aromatic rings. The number of amides is 1. The highest BCUT2D eigenvalue weighted by molar-refractivity contribution is 9.10. The van der Waals surface area contributed by atoms with Gasteiger partial charge in [0.15, 0.2) is 0 Å². The molecule has 0 radical (unpaired) electrons. The molecule has 1 amide bonds. The van der Waals surface area contributed by atoms with Crippen LogP contribution in [0.3, 0.4) is 0 Å². The zero-order valence-corrected chi connectivity index (χ0v) is 12.5. The van der Waals surface area contributed by atoms with Gasteiger partial charge in [-0.25, -0.2) is 4.39 Å². The molecule has 0 aliphatic carbocycles. The zero-order chi connectivity index (χ0) is 15.1. The van der Waals surface area contributed by atoms with Crippen molar-refractivity contribution in [3.05, 3.63) is 40.1 Å². The minimum atomic E-state index is -0.897. The van der Waals surface area contributed by atoms with Crippen LogP contribution in [0.25, 0.3) is 6.08 Å². The smallest absolute Gasteiger partial charge is 0.306 e. The second kappa shape index (κ2) is 7.79. The molecule has 0 fully saturated rings. The Bertz CT molecular complexity index is 531. The molecule has 4 nitrogen and oxygen atoms in total. The van der Waals surface area contributed by atoms with Gasteiger partial charge in [0.1, 0.15) is 5.82 Å². The molecule has 108 valence electrons. The van der Waals surface area contributed by atoms with E-state index >= 15 is 0 Å². The molecule has 2 N–H and O–H groups in total. The summed E-state index contributed by atoms with van der Waals surface area (Å²) in [5.74, 6) is -2.22. The highest BCUT2D eigenvalue weighted by Gasteiger charge is 2.10. The molecular formula is C14H15BrFNO3. The summed E-state index contributed by atoms with van der Waals surface area (Å²) in [7, 11) is 0. The average molecular weight is 344 g/mol. The van der Waals surface area contributed by atoms with E-state index in [2.05, 4.69) is 21.2 Å². The molecule has 0 saturated carbocycles. The number of halogens is 2. The number of hydrogen-bond acceptors (Lipinski definition) is 2. The summed E-state index contributed by atoms with van der Waals surface area (Å²) in [4.78, 5) is 22.1. The van der Waals surface area contributed by atoms with Crippen LogP contribution >= 0.6 is 15.9 Å². The van der Waals surface area contributed by atoms with Crippen LogP contribution in [0.4, 0.5) is 4.39 Å². The van der Waals surface area contributed by atoms with Gasteiger partial charge < -0.3 is 10.4 Å². The van der Waals surface area contributed by atoms with E-state index in [4.69, 9.17) is 5.11 Å². The van der Waals surface area contributed by atoms with E-state index in [-0.39, 0.29) is 12.5 Å². The highest BCUT2D eigenvalue weighted by atomic mass is 79.9. The molecule has 6 heteroatoms. The van der Waals surface area contributed by atoms with Gasteiger partial charge in [-0.05, 0) is 30.7 Å². The number of nitrogens with one attached hydrogen (secondary N) is 1. The largest absolute Gasteiger partial charge is 0.481 e. The highest BCUT2D eigenvalue weighted by Crippen LogP contribution is 2.16. The Morgan fingerprint density at radius 1 is 1.50 bits per heavy atom. The van der Waals surface area contributed by atoms with Crippen LogP contribution in [-0.4, -0.2) is 23.5 Å². The molecule has 0 aliphatic heterocycles. The van der Waals surface area contributed by atoms with Gasteiger partial charge in [0.2, 0.25) is 5.91 Å². The van der Waals surface area contributed by atoms with Crippen LogP contribution in [-0.2, 0) is 9.59 Å². The van der Waals surface area contributed by atoms with Crippen LogP contribution in [0.15, 0.2) is 28.7 Å². The van der Waals surface area contributed by atoms with Gasteiger partial charge in [0.25, 0.3) is 0 Å². The number of benzene rings is 1. The minimum Gasteiger partial charge on any atom is -0.481 e. The monoisotopic (exact) mass is 343 g/mol. The number of carbonyl (C=O) groups is 2. The summed E-state index contributed by atoms with van der Waals surface area (Å²) in [6.45, 7) is 1.83. The van der Waals surface area contributed by atoms with E-state index in [1.807, 2.05) is 0 Å². The molecule has 0 aromatic heterocycles. The molecule has 0 bridgehead atoms. The number of carbonyl (C=O) groups excluding carboxylic acids is 1. The van der Waals surface area contributed by atoms with Gasteiger partial charge >= 0.3 is 5.97 Å². The minimum absolute atomic E-state index is 0.262. The van der Waals surface area contributed by atoms with E-state index in [0.717, 1.165) is 0 Å². The van der Waals surface area contributed by atoms with Gasteiger partial charge in [-0.15, -0.1) is 0 Å². The van der Waals surface area contributed by atoms with Crippen molar-refractivity contribution in [2.45, 2.75) is 13.3 Å². The predicted molar refractivity (Wildman–Crippen MR) is 77.6 cm³/mol. The Balaban J connectivity index is 2.48. The van der Waals surface area contributed by atoms with Crippen molar-refractivity contribution in [2.75, 3.05) is 6.54 Å². The van der Waals surface area contributed by atoms with Crippen molar-refractivity contribution in [3.63, 3.8) is 0 Å². The summed E-state index contributed by atoms with van der Waals surface area (Å²) in [6, 6.07) is 4.43. The number of rotatable bonds is 6. The summed E-state index contributed by atoms with van der Waals surface area (Å²) in [5, 5.41) is 11.2. The SMILES string of the molecule is CC(CCNC(=O)/C=C/c1cc(Br)ccc1F)C(=O)O. The molecule has 1 unspecified atom stereocenters. The second-order valence-electron chi connectivity index (χ2n) is 4.32. The Kier molecular flexibility index (Phi) is 6.38. The fraction of sp³-hybridized carbons (Fsp3) is 0.286. The lowest BCUT2D eigenvalue weighted by Crippen LogP contribution is -2.25. The molecule has 0 heterocycles. The summed E-state index contributed by atoms with van der Waals surface area (Å²) >= 11 is 3.22. The lowest BCUT2D eigenvalue weighted by Gasteiger charge is -2.06. The fourth-order valence-electron chi connectivity index (χ4n) is 1.40. The molecule has 1 atom stereocenters. The van der Waals surface area contributed by atoms with Crippen LogP contribution < -0.4 is 5.32 Å². The number of hydrogen-bond donors (Lipinski definition) is 2. The van der Waals surface area contributed by atoms with Crippen LogP contribution in [0.2, 0.25) is 0 Å². The van der Waals surface area contributed by atoms with Crippen LogP contribution in [0.5, 0.6) is 0 Å². The number of carboxylic acids is 1. The number of aliphatic carboxylic acids is 1. The van der Waals surface area contributed by atoms with Gasteiger partial charge in [-0.2, -0.15) is 0 Å². The standard InChI is InChI=1S/C14H15BrFNO3/c1-9(14(19)20)6-7-17-13(18)5-2-10-8-11(15)3-4-12(10)16/h2-5,8-9H,6-7H2,1H3,(H,17,18)(H,19,20)/b5-2+. The topological polar surface area (TPSA) is 66.4 Å². The molecule has 1 aromatic carbocycles. The second-order valence-corrected chi connectivity index (χ2v) is 5.23. The first kappa shape index (κ1) is 16.4. The van der Waals surface area contributed by atoms with Crippen molar-refractivity contribution in [1.82, 2.24) is 5.32 Å². The van der Waals surface area contributed by atoms with Crippen molar-refractivity contribution in [2.24, 2.45) is 5.92 Å². The van der Waals surface area contributed by atoms with Crippen molar-refractivity contribution < 1.29 is 19.1 Å². The first-order valence-corrected chi connectivity index (χ1v) is 6.83. The van der Waals surface area contributed by atoms with Crippen molar-refractivity contribution >= 4 is 33.9 Å². The number of carboxylic acid groups (broad SMARTS) is 1. The third-order valence-electron chi connectivity index (χ3n) is 2.67. The maximum absolute atomic E-state index is 13.4. The van der Waals surface area contributed by atoms with E-state index in [1.165, 1.54) is 18.2 Å². The lowest BCUT2D eigenvalue weighted by atomic mass is 10.1. The fourth-order valence-corrected chi connectivity index (χ4v) is 1.78. The maximum Gasteiger partial charge on any atom is 0.306 e. The van der Waals surface area contributed by atoms with E-state index in [1.54, 1.807) is 19.1 Å². The van der Waals surface area contributed by atoms with Crippen molar-refractivity contribution in [1.29, 1.82) is 0 Å². The molecule has 0 aliphatic rings. The van der Waals surface area contributed by atoms with Crippen molar-refractivity contribution in [3.8, 4) is 0 Å². The molecule has 1 rings (SSSR count). The first-order valence-electron chi connectivity index (χ1n) is 6.04. The zero-order valence-electron chi connectivity index (χ0n) is 10.9. The van der Waals surface area contributed by atoms with Gasteiger partial charge in [0.05, 0.1) is 5.92 Å². The van der Waals surface area contributed by atoms with E-state index in [9.17, 15) is 14.0 Å². The van der Waals surface area contributed by atoms with E-state index in [0.29, 0.717) is 16.5 Å². The Labute approximate surface area is 124 Å². The molecule has 0 saturated heterocycles. The van der Waals surface area contributed by atoms with Gasteiger partial charge in [-0.1, -0.05) is 22.9 Å². The summed E-state index contributed by atoms with van der Waals surface area (Å²) in [6.07, 6.45) is 2.94. The van der Waals surface area contributed by atoms with Gasteiger partial charge in [-0.3, -0.25) is 9.59 Å². The first-order chi connectivity index (χ1) is 9.40. The molecule has 20 heavy (non-hydrogen) atoms. The maximum atomic E-state index is 13.4. The Morgan fingerprint density at radius 2 is 2.20 bits per heavy atom. The average Bonchev–Trinajstić information content (AvgIpc) is 2.39. The van der Waals surface area contributed by atoms with Gasteiger partial charge in [0, 0.05) is 22.7 Å². The third-order valence-corrected chi connectivity index (χ3v) is 3.16. The Hall–Kier alpha value is -1.69. The van der Waals surface area contributed by atoms with Crippen LogP contribution in [0, 0.1) is 11.7 Å².